The highest BCUT2D eigenvalue weighted by Crippen LogP contribution is 2.29. The molecule has 0 aromatic carbocycles. The Kier molecular flexibility index (Phi) is 2.43. The molecule has 1 aromatic rings. The van der Waals surface area contributed by atoms with Gasteiger partial charge in [0.05, 0.1) is 18.0 Å². The second-order valence-electron chi connectivity index (χ2n) is 3.38. The number of anilines is 2. The third kappa shape index (κ3) is 1.89. The Morgan fingerprint density at radius 3 is 2.71 bits per heavy atom. The number of ether oxygens (including phenoxy) is 1. The predicted octanol–water partition coefficient (Wildman–Crippen LogP) is 1.71. The first-order valence-corrected chi connectivity index (χ1v) is 4.85. The molecule has 1 aromatic heterocycles. The SMILES string of the molecule is CNc1cc(OC2CC2)cnc1NC. The summed E-state index contributed by atoms with van der Waals surface area (Å²) in [5.74, 6) is 1.69. The molecule has 1 aliphatic carbocycles. The van der Waals surface area contributed by atoms with Gasteiger partial charge in [0.15, 0.2) is 0 Å². The van der Waals surface area contributed by atoms with E-state index in [0.717, 1.165) is 17.3 Å². The van der Waals surface area contributed by atoms with Crippen molar-refractivity contribution >= 4 is 11.5 Å². The largest absolute Gasteiger partial charge is 0.489 e. The average Bonchev–Trinajstić information content (AvgIpc) is 3.01. The van der Waals surface area contributed by atoms with Crippen molar-refractivity contribution in [3.05, 3.63) is 12.3 Å². The molecule has 4 nitrogen and oxygen atoms in total. The van der Waals surface area contributed by atoms with Gasteiger partial charge in [-0.3, -0.25) is 0 Å². The van der Waals surface area contributed by atoms with Gasteiger partial charge in [0.25, 0.3) is 0 Å². The number of rotatable bonds is 4. The van der Waals surface area contributed by atoms with Gasteiger partial charge in [-0.15, -0.1) is 0 Å². The smallest absolute Gasteiger partial charge is 0.149 e. The zero-order valence-corrected chi connectivity index (χ0v) is 8.50. The number of pyridine rings is 1. The number of nitrogens with zero attached hydrogens (tertiary/aromatic N) is 1. The van der Waals surface area contributed by atoms with Crippen molar-refractivity contribution in [2.45, 2.75) is 18.9 Å². The van der Waals surface area contributed by atoms with Crippen LogP contribution in [0, 0.1) is 0 Å². The maximum absolute atomic E-state index is 5.64. The van der Waals surface area contributed by atoms with Crippen LogP contribution in [-0.4, -0.2) is 25.2 Å². The van der Waals surface area contributed by atoms with Gasteiger partial charge in [0.1, 0.15) is 11.6 Å². The van der Waals surface area contributed by atoms with Gasteiger partial charge in [0, 0.05) is 20.2 Å². The van der Waals surface area contributed by atoms with Crippen LogP contribution in [0.5, 0.6) is 5.75 Å². The third-order valence-corrected chi connectivity index (χ3v) is 2.20. The van der Waals surface area contributed by atoms with E-state index >= 15 is 0 Å². The molecule has 1 fully saturated rings. The Labute approximate surface area is 83.7 Å². The summed E-state index contributed by atoms with van der Waals surface area (Å²) < 4.78 is 5.64. The first-order valence-electron chi connectivity index (χ1n) is 4.85. The Balaban J connectivity index is 2.16. The number of hydrogen-bond donors (Lipinski definition) is 2. The van der Waals surface area contributed by atoms with E-state index in [9.17, 15) is 0 Å². The summed E-state index contributed by atoms with van der Waals surface area (Å²) in [7, 11) is 3.73. The quantitative estimate of drug-likeness (QED) is 0.764. The molecule has 0 radical (unpaired) electrons. The molecule has 14 heavy (non-hydrogen) atoms. The lowest BCUT2D eigenvalue weighted by atomic mass is 10.3. The van der Waals surface area contributed by atoms with Crippen molar-refractivity contribution < 1.29 is 4.74 Å². The lowest BCUT2D eigenvalue weighted by Crippen LogP contribution is -2.02. The van der Waals surface area contributed by atoms with Crippen LogP contribution >= 0.6 is 0 Å². The van der Waals surface area contributed by atoms with Crippen LogP contribution in [0.4, 0.5) is 11.5 Å². The molecule has 0 atom stereocenters. The number of aromatic nitrogens is 1. The summed E-state index contributed by atoms with van der Waals surface area (Å²) in [5.41, 5.74) is 0.964. The summed E-state index contributed by atoms with van der Waals surface area (Å²) in [4.78, 5) is 4.25. The molecule has 2 N–H and O–H groups in total. The molecule has 1 saturated carbocycles. The fourth-order valence-corrected chi connectivity index (χ4v) is 1.28. The Hall–Kier alpha value is -1.45. The van der Waals surface area contributed by atoms with Gasteiger partial charge >= 0.3 is 0 Å². The van der Waals surface area contributed by atoms with Gasteiger partial charge in [-0.05, 0) is 12.8 Å². The zero-order valence-electron chi connectivity index (χ0n) is 8.50. The molecule has 0 spiro atoms. The van der Waals surface area contributed by atoms with Gasteiger partial charge in [-0.1, -0.05) is 0 Å². The van der Waals surface area contributed by atoms with E-state index < -0.39 is 0 Å². The molecule has 0 amide bonds. The van der Waals surface area contributed by atoms with Gasteiger partial charge in [-0.25, -0.2) is 4.98 Å². The van der Waals surface area contributed by atoms with Crippen LogP contribution in [-0.2, 0) is 0 Å². The van der Waals surface area contributed by atoms with Crippen molar-refractivity contribution in [3.8, 4) is 5.75 Å². The fraction of sp³-hybridized carbons (Fsp3) is 0.500. The maximum Gasteiger partial charge on any atom is 0.149 e. The Bertz CT molecular complexity index is 323. The van der Waals surface area contributed by atoms with E-state index in [1.54, 1.807) is 6.20 Å². The fourth-order valence-electron chi connectivity index (χ4n) is 1.28. The van der Waals surface area contributed by atoms with E-state index in [2.05, 4.69) is 15.6 Å². The van der Waals surface area contributed by atoms with Crippen molar-refractivity contribution in [1.29, 1.82) is 0 Å². The standard InChI is InChI=1S/C10H15N3O/c1-11-9-5-8(14-7-3-4-7)6-13-10(9)12-2/h5-7,11H,3-4H2,1-2H3,(H,12,13). The van der Waals surface area contributed by atoms with E-state index in [0.29, 0.717) is 6.10 Å². The molecular weight excluding hydrogens is 178 g/mol. The van der Waals surface area contributed by atoms with E-state index in [-0.39, 0.29) is 0 Å². The zero-order chi connectivity index (χ0) is 9.97. The second kappa shape index (κ2) is 3.74. The summed E-state index contributed by atoms with van der Waals surface area (Å²) in [5, 5.41) is 6.09. The van der Waals surface area contributed by atoms with Crippen LogP contribution in [0.15, 0.2) is 12.3 Å². The summed E-state index contributed by atoms with van der Waals surface area (Å²) in [6, 6.07) is 1.97. The monoisotopic (exact) mass is 193 g/mol. The molecule has 1 heterocycles. The van der Waals surface area contributed by atoms with E-state index in [1.807, 2.05) is 20.2 Å². The van der Waals surface area contributed by atoms with Crippen LogP contribution in [0.3, 0.4) is 0 Å². The molecule has 4 heteroatoms. The normalized spacial score (nSPS) is 15.0. The third-order valence-electron chi connectivity index (χ3n) is 2.20. The van der Waals surface area contributed by atoms with Gasteiger partial charge in [0.2, 0.25) is 0 Å². The molecule has 0 saturated heterocycles. The number of hydrogen-bond acceptors (Lipinski definition) is 4. The Morgan fingerprint density at radius 1 is 1.36 bits per heavy atom. The lowest BCUT2D eigenvalue weighted by Gasteiger charge is -2.10. The molecule has 2 rings (SSSR count). The van der Waals surface area contributed by atoms with Crippen LogP contribution in [0.25, 0.3) is 0 Å². The van der Waals surface area contributed by atoms with Gasteiger partial charge < -0.3 is 15.4 Å². The topological polar surface area (TPSA) is 46.2 Å². The molecule has 1 aliphatic rings. The van der Waals surface area contributed by atoms with Crippen LogP contribution < -0.4 is 15.4 Å². The minimum atomic E-state index is 0.418. The van der Waals surface area contributed by atoms with Crippen LogP contribution in [0.2, 0.25) is 0 Å². The van der Waals surface area contributed by atoms with Crippen molar-refractivity contribution in [1.82, 2.24) is 4.98 Å². The first-order chi connectivity index (χ1) is 6.83. The Morgan fingerprint density at radius 2 is 2.14 bits per heavy atom. The molecule has 0 aliphatic heterocycles. The molecule has 0 bridgehead atoms. The lowest BCUT2D eigenvalue weighted by molar-refractivity contribution is 0.302. The van der Waals surface area contributed by atoms with Crippen molar-refractivity contribution in [3.63, 3.8) is 0 Å². The summed E-state index contributed by atoms with van der Waals surface area (Å²) in [6.45, 7) is 0. The highest BCUT2D eigenvalue weighted by Gasteiger charge is 2.23. The first kappa shape index (κ1) is 9.12. The minimum absolute atomic E-state index is 0.418. The van der Waals surface area contributed by atoms with Crippen LogP contribution in [0.1, 0.15) is 12.8 Å². The summed E-state index contributed by atoms with van der Waals surface area (Å²) >= 11 is 0. The van der Waals surface area contributed by atoms with Gasteiger partial charge in [-0.2, -0.15) is 0 Å². The molecular formula is C10H15N3O. The highest BCUT2D eigenvalue weighted by atomic mass is 16.5. The minimum Gasteiger partial charge on any atom is -0.489 e. The molecule has 0 unspecified atom stereocenters. The molecule has 76 valence electrons. The summed E-state index contributed by atoms with van der Waals surface area (Å²) in [6.07, 6.45) is 4.51. The average molecular weight is 193 g/mol. The maximum atomic E-state index is 5.64. The van der Waals surface area contributed by atoms with E-state index in [1.165, 1.54) is 12.8 Å². The number of nitrogens with one attached hydrogen (secondary N) is 2. The van der Waals surface area contributed by atoms with Crippen molar-refractivity contribution in [2.24, 2.45) is 0 Å². The predicted molar refractivity (Wildman–Crippen MR) is 57.0 cm³/mol. The van der Waals surface area contributed by atoms with E-state index in [4.69, 9.17) is 4.74 Å². The van der Waals surface area contributed by atoms with Crippen molar-refractivity contribution in [2.75, 3.05) is 24.7 Å². The highest BCUT2D eigenvalue weighted by molar-refractivity contribution is 5.65. The second-order valence-corrected chi connectivity index (χ2v) is 3.38.